The Morgan fingerprint density at radius 2 is 1.32 bits per heavy atom. The van der Waals surface area contributed by atoms with Crippen LogP contribution in [0, 0.1) is 0 Å². The molecule has 1 amide bonds. The molecule has 1 N–H and O–H groups in total. The van der Waals surface area contributed by atoms with Gasteiger partial charge in [0.15, 0.2) is 0 Å². The summed E-state index contributed by atoms with van der Waals surface area (Å²) in [4.78, 5) is 24.0. The molecule has 0 spiro atoms. The van der Waals surface area contributed by atoms with Gasteiger partial charge in [-0.05, 0) is 12.0 Å². The fraction of sp³-hybridized carbons (Fsp3) is 0.750. The molecule has 0 saturated carbocycles. The molecule has 0 aliphatic heterocycles. The third-order valence-corrected chi connectivity index (χ3v) is 7.53. The smallest absolute Gasteiger partial charge is 0.445 e. The summed E-state index contributed by atoms with van der Waals surface area (Å²) in [7, 11) is -4.13. The third-order valence-electron chi connectivity index (χ3n) is 6.19. The average molecular weight is 607 g/mol. The number of hydrogen-bond acceptors (Lipinski definition) is 5. The van der Waals surface area contributed by atoms with Crippen molar-refractivity contribution >= 4 is 29.8 Å². The van der Waals surface area contributed by atoms with Crippen LogP contribution in [-0.4, -0.2) is 47.5 Å². The Hall–Kier alpha value is -0.920. The molecular formula is C28H49BrNO6P. The Bertz CT molecular complexity index is 724. The number of unbranched alkanes of at least 4 members (excludes halogenated alkanes) is 13. The van der Waals surface area contributed by atoms with Crippen molar-refractivity contribution in [3.63, 3.8) is 0 Å². The van der Waals surface area contributed by atoms with Crippen LogP contribution in [0.1, 0.15) is 102 Å². The lowest BCUT2D eigenvalue weighted by Gasteiger charge is -2.22. The van der Waals surface area contributed by atoms with Crippen molar-refractivity contribution in [2.24, 2.45) is 0 Å². The number of carbonyl (C=O) groups is 1. The van der Waals surface area contributed by atoms with Gasteiger partial charge in [0, 0.05) is 18.4 Å². The summed E-state index contributed by atoms with van der Waals surface area (Å²) in [6.07, 6.45) is 17.3. The van der Waals surface area contributed by atoms with Crippen molar-refractivity contribution < 1.29 is 28.0 Å². The van der Waals surface area contributed by atoms with E-state index in [4.69, 9.17) is 13.8 Å². The van der Waals surface area contributed by atoms with Gasteiger partial charge in [0.05, 0.1) is 13.2 Å². The lowest BCUT2D eigenvalue weighted by Crippen LogP contribution is -2.35. The van der Waals surface area contributed by atoms with E-state index in [1.54, 1.807) is 4.90 Å². The second kappa shape index (κ2) is 23.0. The number of amides is 1. The summed E-state index contributed by atoms with van der Waals surface area (Å²) in [5.74, 6) is 0. The highest BCUT2D eigenvalue weighted by atomic mass is 79.9. The van der Waals surface area contributed by atoms with E-state index in [0.717, 1.165) is 24.8 Å². The number of alkyl halides is 1. The molecule has 0 aromatic heterocycles. The Kier molecular flexibility index (Phi) is 21.2. The Balaban J connectivity index is 2.26. The van der Waals surface area contributed by atoms with E-state index in [2.05, 4.69) is 22.9 Å². The van der Waals surface area contributed by atoms with Gasteiger partial charge >= 0.3 is 13.9 Å². The molecule has 0 heterocycles. The number of rotatable bonds is 24. The van der Waals surface area contributed by atoms with E-state index in [9.17, 15) is 14.3 Å². The van der Waals surface area contributed by atoms with Gasteiger partial charge in [-0.1, -0.05) is 137 Å². The topological polar surface area (TPSA) is 85.3 Å². The first-order valence-corrected chi connectivity index (χ1v) is 16.7. The maximum atomic E-state index is 12.7. The lowest BCUT2D eigenvalue weighted by atomic mass is 10.0. The molecule has 214 valence electrons. The number of hydrogen-bond donors (Lipinski definition) is 1. The number of ether oxygens (including phenoxy) is 1. The van der Waals surface area contributed by atoms with Crippen molar-refractivity contribution in [2.45, 2.75) is 103 Å². The largest absolute Gasteiger partial charge is 0.472 e. The molecular weight excluding hydrogens is 557 g/mol. The van der Waals surface area contributed by atoms with Crippen LogP contribution in [0.25, 0.3) is 0 Å². The molecule has 37 heavy (non-hydrogen) atoms. The van der Waals surface area contributed by atoms with E-state index in [1.165, 1.54) is 70.6 Å². The van der Waals surface area contributed by atoms with E-state index >= 15 is 0 Å². The Morgan fingerprint density at radius 1 is 0.811 bits per heavy atom. The lowest BCUT2D eigenvalue weighted by molar-refractivity contribution is 0.0834. The molecule has 9 heteroatoms. The predicted molar refractivity (Wildman–Crippen MR) is 154 cm³/mol. The average Bonchev–Trinajstić information content (AvgIpc) is 2.90. The SMILES string of the molecule is CCCCCCCCCCCCCCCCN(CCOP(=O)(O)OCCBr)C(=O)OCc1ccccc1. The van der Waals surface area contributed by atoms with Gasteiger partial charge in [-0.2, -0.15) is 0 Å². The number of carbonyl (C=O) groups excluding carboxylic acids is 1. The summed E-state index contributed by atoms with van der Waals surface area (Å²) in [6.45, 7) is 3.09. The van der Waals surface area contributed by atoms with Crippen molar-refractivity contribution in [2.75, 3.05) is 31.6 Å². The molecule has 1 unspecified atom stereocenters. The van der Waals surface area contributed by atoms with Crippen molar-refractivity contribution in [1.29, 1.82) is 0 Å². The quantitative estimate of drug-likeness (QED) is 0.0721. The van der Waals surface area contributed by atoms with Crippen LogP contribution in [-0.2, 0) is 25.0 Å². The third kappa shape index (κ3) is 19.8. The molecule has 0 aliphatic rings. The highest BCUT2D eigenvalue weighted by molar-refractivity contribution is 9.09. The number of benzene rings is 1. The van der Waals surface area contributed by atoms with Crippen LogP contribution < -0.4 is 0 Å². The fourth-order valence-corrected chi connectivity index (χ4v) is 5.18. The summed E-state index contributed by atoms with van der Waals surface area (Å²) in [5, 5.41) is 0.429. The molecule has 1 atom stereocenters. The van der Waals surface area contributed by atoms with Crippen LogP contribution in [0.2, 0.25) is 0 Å². The first kappa shape index (κ1) is 34.1. The second-order valence-electron chi connectivity index (χ2n) is 9.45. The molecule has 0 bridgehead atoms. The minimum Gasteiger partial charge on any atom is -0.445 e. The summed E-state index contributed by atoms with van der Waals surface area (Å²) >= 11 is 3.14. The number of phosphoric ester groups is 1. The molecule has 0 fully saturated rings. The summed E-state index contributed by atoms with van der Waals surface area (Å²) in [6, 6.07) is 9.51. The van der Waals surface area contributed by atoms with Crippen molar-refractivity contribution in [1.82, 2.24) is 4.90 Å². The van der Waals surface area contributed by atoms with Gasteiger partial charge in [0.25, 0.3) is 0 Å². The highest BCUT2D eigenvalue weighted by Gasteiger charge is 2.22. The number of nitrogens with zero attached hydrogens (tertiary/aromatic N) is 1. The minimum absolute atomic E-state index is 0.0651. The number of halogens is 1. The van der Waals surface area contributed by atoms with Gasteiger partial charge in [0.1, 0.15) is 6.61 Å². The van der Waals surface area contributed by atoms with E-state index in [-0.39, 0.29) is 26.4 Å². The van der Waals surface area contributed by atoms with E-state index in [1.807, 2.05) is 30.3 Å². The molecule has 0 saturated heterocycles. The molecule has 1 aromatic rings. The zero-order valence-corrected chi connectivity index (χ0v) is 25.3. The highest BCUT2D eigenvalue weighted by Crippen LogP contribution is 2.42. The van der Waals surface area contributed by atoms with Crippen LogP contribution in [0.3, 0.4) is 0 Å². The van der Waals surface area contributed by atoms with Crippen LogP contribution in [0.5, 0.6) is 0 Å². The fourth-order valence-electron chi connectivity index (χ4n) is 4.06. The van der Waals surface area contributed by atoms with Crippen LogP contribution in [0.15, 0.2) is 30.3 Å². The Labute approximate surface area is 233 Å². The molecule has 1 rings (SSSR count). The summed E-state index contributed by atoms with van der Waals surface area (Å²) < 4.78 is 27.2. The normalized spacial score (nSPS) is 12.8. The van der Waals surface area contributed by atoms with Crippen molar-refractivity contribution in [3.8, 4) is 0 Å². The zero-order chi connectivity index (χ0) is 27.0. The predicted octanol–water partition coefficient (Wildman–Crippen LogP) is 8.64. The van der Waals surface area contributed by atoms with E-state index in [0.29, 0.717) is 11.9 Å². The molecule has 7 nitrogen and oxygen atoms in total. The van der Waals surface area contributed by atoms with Gasteiger partial charge < -0.3 is 14.5 Å². The van der Waals surface area contributed by atoms with Gasteiger partial charge in [-0.3, -0.25) is 9.05 Å². The number of phosphoric acid groups is 1. The van der Waals surface area contributed by atoms with E-state index < -0.39 is 13.9 Å². The van der Waals surface area contributed by atoms with Crippen LogP contribution in [0.4, 0.5) is 4.79 Å². The van der Waals surface area contributed by atoms with Crippen molar-refractivity contribution in [3.05, 3.63) is 35.9 Å². The monoisotopic (exact) mass is 605 g/mol. The first-order valence-electron chi connectivity index (χ1n) is 14.1. The van der Waals surface area contributed by atoms with Crippen LogP contribution >= 0.6 is 23.8 Å². The van der Waals surface area contributed by atoms with Gasteiger partial charge in [0.2, 0.25) is 0 Å². The Morgan fingerprint density at radius 3 is 1.86 bits per heavy atom. The standard InChI is InChI=1S/C28H49BrNO6P/c1-2-3-4-5-6-7-8-9-10-11-12-13-14-18-22-30(23-25-36-37(32,33)35-24-21-29)28(31)34-26-27-19-16-15-17-20-27/h15-17,19-20H,2-14,18,21-26H2,1H3,(H,32,33). The molecule has 0 aliphatic carbocycles. The minimum atomic E-state index is -4.13. The van der Waals surface area contributed by atoms with Gasteiger partial charge in [-0.15, -0.1) is 0 Å². The molecule has 0 radical (unpaired) electrons. The maximum Gasteiger partial charge on any atom is 0.472 e. The maximum absolute atomic E-state index is 12.7. The zero-order valence-electron chi connectivity index (χ0n) is 22.8. The summed E-state index contributed by atoms with van der Waals surface area (Å²) in [5.41, 5.74) is 0.909. The molecule has 1 aromatic carbocycles. The first-order chi connectivity index (χ1) is 18.0. The van der Waals surface area contributed by atoms with Gasteiger partial charge in [-0.25, -0.2) is 9.36 Å². The second-order valence-corrected chi connectivity index (χ2v) is 11.7.